The van der Waals surface area contributed by atoms with Gasteiger partial charge in [0.25, 0.3) is 5.91 Å². The van der Waals surface area contributed by atoms with Gasteiger partial charge in [-0.3, -0.25) is 9.59 Å². The number of halogens is 1. The van der Waals surface area contributed by atoms with Crippen molar-refractivity contribution in [2.24, 2.45) is 0 Å². The number of carbonyl (C=O) groups excluding carboxylic acids is 1. The fourth-order valence-corrected chi connectivity index (χ4v) is 3.70. The number of amides is 1. The van der Waals surface area contributed by atoms with E-state index in [1.807, 2.05) is 50.5 Å². The highest BCUT2D eigenvalue weighted by atomic mass is 35.5. The molecule has 0 spiro atoms. The molecule has 6 heteroatoms. The summed E-state index contributed by atoms with van der Waals surface area (Å²) in [5.41, 5.74) is 3.74. The van der Waals surface area contributed by atoms with Gasteiger partial charge in [0.1, 0.15) is 10.6 Å². The first-order valence-corrected chi connectivity index (χ1v) is 10.5. The molecule has 0 radical (unpaired) electrons. The van der Waals surface area contributed by atoms with Gasteiger partial charge in [-0.2, -0.15) is 0 Å². The molecular formula is C23H31ClN2O3. The summed E-state index contributed by atoms with van der Waals surface area (Å²) in [6, 6.07) is 5.97. The number of aryl methyl sites for hydroxylation is 2. The molecule has 0 fully saturated rings. The van der Waals surface area contributed by atoms with Crippen LogP contribution in [0.4, 0.5) is 5.69 Å². The second-order valence-electron chi connectivity index (χ2n) is 7.37. The molecule has 1 heterocycles. The normalized spacial score (nSPS) is 11.2. The SMILES string of the molecule is CCc1cccc(CC)c1NC(=O)c1c(C)n(CCOC(C)C)c(C)c(Cl)c1=O. The van der Waals surface area contributed by atoms with Crippen molar-refractivity contribution in [1.29, 1.82) is 0 Å². The third kappa shape index (κ3) is 5.09. The van der Waals surface area contributed by atoms with Crippen LogP contribution in [0.2, 0.25) is 5.02 Å². The molecule has 5 nitrogen and oxygen atoms in total. The zero-order chi connectivity index (χ0) is 21.7. The van der Waals surface area contributed by atoms with E-state index in [1.54, 1.807) is 13.8 Å². The van der Waals surface area contributed by atoms with Crippen molar-refractivity contribution in [3.05, 3.63) is 61.5 Å². The van der Waals surface area contributed by atoms with Gasteiger partial charge in [0.15, 0.2) is 0 Å². The minimum Gasteiger partial charge on any atom is -0.377 e. The second-order valence-corrected chi connectivity index (χ2v) is 7.75. The average molecular weight is 419 g/mol. The van der Waals surface area contributed by atoms with Crippen molar-refractivity contribution in [3.8, 4) is 0 Å². The van der Waals surface area contributed by atoms with E-state index < -0.39 is 11.3 Å². The summed E-state index contributed by atoms with van der Waals surface area (Å²) < 4.78 is 7.52. The number of hydrogen-bond donors (Lipinski definition) is 1. The van der Waals surface area contributed by atoms with Gasteiger partial charge in [-0.1, -0.05) is 43.6 Å². The zero-order valence-electron chi connectivity index (χ0n) is 18.2. The van der Waals surface area contributed by atoms with Crippen molar-refractivity contribution in [2.45, 2.75) is 67.0 Å². The Bertz CT molecular complexity index is 926. The molecule has 2 aromatic rings. The molecule has 158 valence electrons. The number of carbonyl (C=O) groups is 1. The van der Waals surface area contributed by atoms with Crippen LogP contribution in [0, 0.1) is 13.8 Å². The maximum Gasteiger partial charge on any atom is 0.261 e. The van der Waals surface area contributed by atoms with Crippen LogP contribution in [-0.4, -0.2) is 23.2 Å². The minimum absolute atomic E-state index is 0.0739. The highest BCUT2D eigenvalue weighted by Crippen LogP contribution is 2.24. The third-order valence-corrected chi connectivity index (χ3v) is 5.59. The Kier molecular flexibility index (Phi) is 8.05. The molecule has 1 aromatic heterocycles. The molecule has 0 unspecified atom stereocenters. The lowest BCUT2D eigenvalue weighted by molar-refractivity contribution is 0.0719. The summed E-state index contributed by atoms with van der Waals surface area (Å²) in [4.78, 5) is 26.0. The Morgan fingerprint density at radius 1 is 1.14 bits per heavy atom. The number of para-hydroxylation sites is 1. The highest BCUT2D eigenvalue weighted by molar-refractivity contribution is 6.31. The van der Waals surface area contributed by atoms with Gasteiger partial charge in [0.2, 0.25) is 5.43 Å². The molecule has 2 rings (SSSR count). The summed E-state index contributed by atoms with van der Waals surface area (Å²) in [6.07, 6.45) is 1.67. The Morgan fingerprint density at radius 3 is 2.24 bits per heavy atom. The molecule has 0 aliphatic rings. The monoisotopic (exact) mass is 418 g/mol. The molecule has 0 aliphatic heterocycles. The largest absolute Gasteiger partial charge is 0.377 e. The van der Waals surface area contributed by atoms with Crippen LogP contribution < -0.4 is 10.7 Å². The van der Waals surface area contributed by atoms with Crippen molar-refractivity contribution in [3.63, 3.8) is 0 Å². The number of benzene rings is 1. The maximum absolute atomic E-state index is 13.2. The number of nitrogens with zero attached hydrogens (tertiary/aromatic N) is 1. The fraction of sp³-hybridized carbons (Fsp3) is 0.478. The molecule has 0 saturated carbocycles. The molecule has 0 atom stereocenters. The fourth-order valence-electron chi connectivity index (χ4n) is 3.51. The van der Waals surface area contributed by atoms with Gasteiger partial charge >= 0.3 is 0 Å². The number of anilines is 1. The van der Waals surface area contributed by atoms with Gasteiger partial charge < -0.3 is 14.6 Å². The lowest BCUT2D eigenvalue weighted by Gasteiger charge is -2.20. The smallest absolute Gasteiger partial charge is 0.261 e. The van der Waals surface area contributed by atoms with E-state index in [0.29, 0.717) is 24.5 Å². The zero-order valence-corrected chi connectivity index (χ0v) is 18.9. The lowest BCUT2D eigenvalue weighted by atomic mass is 10.0. The molecule has 1 N–H and O–H groups in total. The van der Waals surface area contributed by atoms with Crippen LogP contribution in [0.5, 0.6) is 0 Å². The predicted molar refractivity (Wildman–Crippen MR) is 119 cm³/mol. The molecular weight excluding hydrogens is 388 g/mol. The first-order valence-electron chi connectivity index (χ1n) is 10.2. The molecule has 1 aromatic carbocycles. The molecule has 0 aliphatic carbocycles. The molecule has 0 bridgehead atoms. The third-order valence-electron chi connectivity index (χ3n) is 5.15. The summed E-state index contributed by atoms with van der Waals surface area (Å²) in [5, 5.41) is 3.06. The number of pyridine rings is 1. The van der Waals surface area contributed by atoms with Crippen LogP contribution in [0.3, 0.4) is 0 Å². The molecule has 0 saturated heterocycles. The molecule has 29 heavy (non-hydrogen) atoms. The van der Waals surface area contributed by atoms with Crippen LogP contribution in [0.15, 0.2) is 23.0 Å². The van der Waals surface area contributed by atoms with E-state index in [2.05, 4.69) is 5.32 Å². The molecule has 1 amide bonds. The van der Waals surface area contributed by atoms with Crippen LogP contribution >= 0.6 is 11.6 Å². The van der Waals surface area contributed by atoms with Crippen molar-refractivity contribution >= 4 is 23.2 Å². The van der Waals surface area contributed by atoms with E-state index in [0.717, 1.165) is 29.7 Å². The number of hydrogen-bond acceptors (Lipinski definition) is 3. The Labute approximate surface area is 178 Å². The quantitative estimate of drug-likeness (QED) is 0.661. The van der Waals surface area contributed by atoms with Gasteiger partial charge in [-0.05, 0) is 51.7 Å². The average Bonchev–Trinajstić information content (AvgIpc) is 2.69. The summed E-state index contributed by atoms with van der Waals surface area (Å²) >= 11 is 6.31. The van der Waals surface area contributed by atoms with Crippen molar-refractivity contribution < 1.29 is 9.53 Å². The topological polar surface area (TPSA) is 60.3 Å². The number of aromatic nitrogens is 1. The summed E-state index contributed by atoms with van der Waals surface area (Å²) in [5.74, 6) is -0.427. The standard InChI is InChI=1S/C23H31ClN2O3/c1-7-17-10-9-11-18(8-2)21(17)25-23(28)19-15(5)26(12-13-29-14(3)4)16(6)20(24)22(19)27/h9-11,14H,7-8,12-13H2,1-6H3,(H,25,28). The van der Waals surface area contributed by atoms with Gasteiger partial charge in [0.05, 0.1) is 12.7 Å². The van der Waals surface area contributed by atoms with E-state index in [-0.39, 0.29) is 16.7 Å². The predicted octanol–water partition coefficient (Wildman–Crippen LogP) is 4.92. The van der Waals surface area contributed by atoms with Gasteiger partial charge in [0, 0.05) is 23.6 Å². The van der Waals surface area contributed by atoms with Gasteiger partial charge in [-0.15, -0.1) is 0 Å². The van der Waals surface area contributed by atoms with E-state index >= 15 is 0 Å². The van der Waals surface area contributed by atoms with E-state index in [4.69, 9.17) is 16.3 Å². The van der Waals surface area contributed by atoms with E-state index in [9.17, 15) is 9.59 Å². The van der Waals surface area contributed by atoms with E-state index in [1.165, 1.54) is 0 Å². The van der Waals surface area contributed by atoms with Gasteiger partial charge in [-0.25, -0.2) is 0 Å². The van der Waals surface area contributed by atoms with Crippen molar-refractivity contribution in [2.75, 3.05) is 11.9 Å². The summed E-state index contributed by atoms with van der Waals surface area (Å²) in [7, 11) is 0. The Hall–Kier alpha value is -2.11. The van der Waals surface area contributed by atoms with Crippen molar-refractivity contribution in [1.82, 2.24) is 4.57 Å². The lowest BCUT2D eigenvalue weighted by Crippen LogP contribution is -2.29. The number of ether oxygens (including phenoxy) is 1. The number of nitrogens with one attached hydrogen (secondary N) is 1. The maximum atomic E-state index is 13.2. The Balaban J connectivity index is 2.48. The van der Waals surface area contributed by atoms with Crippen LogP contribution in [0.25, 0.3) is 0 Å². The summed E-state index contributed by atoms with van der Waals surface area (Å²) in [6.45, 7) is 12.6. The highest BCUT2D eigenvalue weighted by Gasteiger charge is 2.22. The second kappa shape index (κ2) is 10.1. The minimum atomic E-state index is -0.438. The first-order chi connectivity index (χ1) is 13.7. The Morgan fingerprint density at radius 2 is 1.72 bits per heavy atom. The van der Waals surface area contributed by atoms with Crippen LogP contribution in [-0.2, 0) is 24.1 Å². The van der Waals surface area contributed by atoms with Crippen LogP contribution in [0.1, 0.15) is 60.6 Å². The number of rotatable bonds is 8. The first kappa shape index (κ1) is 23.2.